The number of benzene rings is 1. The molecule has 0 aliphatic heterocycles. The smallest absolute Gasteiger partial charge is 0.191 e. The van der Waals surface area contributed by atoms with Crippen molar-refractivity contribution in [1.82, 2.24) is 25.4 Å². The zero-order chi connectivity index (χ0) is 18.6. The minimum Gasteiger partial charge on any atom is -0.497 e. The molecule has 2 rings (SSSR count). The van der Waals surface area contributed by atoms with Crippen LogP contribution in [0.5, 0.6) is 5.75 Å². The van der Waals surface area contributed by atoms with E-state index in [4.69, 9.17) is 4.74 Å². The molecular formula is C19H29IN6O. The van der Waals surface area contributed by atoms with Crippen LogP contribution in [0.25, 0.3) is 0 Å². The van der Waals surface area contributed by atoms with Crippen LogP contribution >= 0.6 is 24.0 Å². The molecule has 7 nitrogen and oxygen atoms in total. The molecule has 0 saturated heterocycles. The topological polar surface area (TPSA) is 76.4 Å². The summed E-state index contributed by atoms with van der Waals surface area (Å²) >= 11 is 0. The fourth-order valence-corrected chi connectivity index (χ4v) is 2.47. The molecule has 27 heavy (non-hydrogen) atoms. The van der Waals surface area contributed by atoms with Crippen LogP contribution in [0.4, 0.5) is 0 Å². The molecule has 0 bridgehead atoms. The highest BCUT2D eigenvalue weighted by atomic mass is 127. The number of nitrogens with zero attached hydrogens (tertiary/aromatic N) is 4. The average molecular weight is 484 g/mol. The maximum atomic E-state index is 5.18. The standard InChI is InChI=1S/C19H28N6O.HI/c1-4-11-20-19(22-13-14-25-15-23-24-18(25)5-2)21-12-10-16-6-8-17(26-3)9-7-16;/h4,6-9,15H,1,5,10-14H2,2-3H3,(H2,20,21,22);1H. The van der Waals surface area contributed by atoms with Crippen molar-refractivity contribution < 1.29 is 4.74 Å². The predicted octanol–water partition coefficient (Wildman–Crippen LogP) is 2.43. The van der Waals surface area contributed by atoms with Gasteiger partial charge in [-0.3, -0.25) is 4.99 Å². The molecule has 8 heteroatoms. The van der Waals surface area contributed by atoms with Crippen molar-refractivity contribution in [3.63, 3.8) is 0 Å². The van der Waals surface area contributed by atoms with E-state index in [-0.39, 0.29) is 24.0 Å². The Kier molecular flexibility index (Phi) is 11.2. The van der Waals surface area contributed by atoms with Gasteiger partial charge in [0.1, 0.15) is 17.9 Å². The van der Waals surface area contributed by atoms with Gasteiger partial charge in [0.2, 0.25) is 0 Å². The Morgan fingerprint density at radius 1 is 1.30 bits per heavy atom. The highest BCUT2D eigenvalue weighted by molar-refractivity contribution is 14.0. The van der Waals surface area contributed by atoms with E-state index >= 15 is 0 Å². The lowest BCUT2D eigenvalue weighted by Gasteiger charge is -2.12. The number of aryl methyl sites for hydroxylation is 1. The summed E-state index contributed by atoms with van der Waals surface area (Å²) in [6.45, 7) is 8.73. The maximum Gasteiger partial charge on any atom is 0.191 e. The lowest BCUT2D eigenvalue weighted by molar-refractivity contribution is 0.414. The van der Waals surface area contributed by atoms with Crippen molar-refractivity contribution in [3.05, 3.63) is 54.6 Å². The highest BCUT2D eigenvalue weighted by Crippen LogP contribution is 2.11. The zero-order valence-corrected chi connectivity index (χ0v) is 18.3. The summed E-state index contributed by atoms with van der Waals surface area (Å²) in [6, 6.07) is 8.07. The summed E-state index contributed by atoms with van der Waals surface area (Å²) in [7, 11) is 1.67. The normalized spacial score (nSPS) is 10.8. The summed E-state index contributed by atoms with van der Waals surface area (Å²) in [6.07, 6.45) is 5.32. The van der Waals surface area contributed by atoms with Gasteiger partial charge in [0.15, 0.2) is 5.96 Å². The van der Waals surface area contributed by atoms with Gasteiger partial charge in [-0.2, -0.15) is 0 Å². The monoisotopic (exact) mass is 484 g/mol. The summed E-state index contributed by atoms with van der Waals surface area (Å²) in [5.74, 6) is 2.64. The molecular weight excluding hydrogens is 455 g/mol. The first-order valence-corrected chi connectivity index (χ1v) is 8.89. The number of ether oxygens (including phenoxy) is 1. The van der Waals surface area contributed by atoms with Crippen LogP contribution in [0.3, 0.4) is 0 Å². The van der Waals surface area contributed by atoms with Gasteiger partial charge in [-0.15, -0.1) is 40.8 Å². The van der Waals surface area contributed by atoms with Crippen LogP contribution in [0.2, 0.25) is 0 Å². The Hall–Kier alpha value is -2.10. The van der Waals surface area contributed by atoms with Gasteiger partial charge >= 0.3 is 0 Å². The number of guanidine groups is 1. The minimum atomic E-state index is 0. The third-order valence-electron chi connectivity index (χ3n) is 3.90. The van der Waals surface area contributed by atoms with Crippen LogP contribution in [0, 0.1) is 0 Å². The third kappa shape index (κ3) is 7.98. The van der Waals surface area contributed by atoms with Crippen LogP contribution in [0.15, 0.2) is 48.2 Å². The highest BCUT2D eigenvalue weighted by Gasteiger charge is 2.02. The number of aliphatic imine (C=N–C) groups is 1. The van der Waals surface area contributed by atoms with E-state index in [1.165, 1.54) is 5.56 Å². The fourth-order valence-electron chi connectivity index (χ4n) is 2.47. The van der Waals surface area contributed by atoms with E-state index < -0.39 is 0 Å². The van der Waals surface area contributed by atoms with Crippen molar-refractivity contribution in [2.75, 3.05) is 26.7 Å². The van der Waals surface area contributed by atoms with E-state index in [1.807, 2.05) is 18.2 Å². The van der Waals surface area contributed by atoms with E-state index in [9.17, 15) is 0 Å². The Balaban J connectivity index is 0.00000364. The molecule has 0 unspecified atom stereocenters. The first-order valence-electron chi connectivity index (χ1n) is 8.89. The average Bonchev–Trinajstić information content (AvgIpc) is 3.13. The van der Waals surface area contributed by atoms with Crippen LogP contribution in [0.1, 0.15) is 18.3 Å². The largest absolute Gasteiger partial charge is 0.497 e. The molecule has 0 amide bonds. The predicted molar refractivity (Wildman–Crippen MR) is 120 cm³/mol. The maximum absolute atomic E-state index is 5.18. The van der Waals surface area contributed by atoms with Gasteiger partial charge in [0.25, 0.3) is 0 Å². The van der Waals surface area contributed by atoms with Gasteiger partial charge in [-0.1, -0.05) is 25.1 Å². The second kappa shape index (κ2) is 13.1. The van der Waals surface area contributed by atoms with Crippen molar-refractivity contribution in [1.29, 1.82) is 0 Å². The van der Waals surface area contributed by atoms with Crippen molar-refractivity contribution in [3.8, 4) is 5.75 Å². The molecule has 0 atom stereocenters. The molecule has 2 N–H and O–H groups in total. The Bertz CT molecular complexity index is 698. The number of hydrogen-bond donors (Lipinski definition) is 2. The van der Waals surface area contributed by atoms with Crippen molar-refractivity contribution >= 4 is 29.9 Å². The summed E-state index contributed by atoms with van der Waals surface area (Å²) < 4.78 is 7.23. The quantitative estimate of drug-likeness (QED) is 0.235. The molecule has 1 heterocycles. The molecule has 0 saturated carbocycles. The molecule has 0 spiro atoms. The number of aromatic nitrogens is 3. The van der Waals surface area contributed by atoms with Gasteiger partial charge < -0.3 is 19.9 Å². The van der Waals surface area contributed by atoms with Crippen molar-refractivity contribution in [2.45, 2.75) is 26.3 Å². The van der Waals surface area contributed by atoms with E-state index in [0.717, 1.165) is 43.5 Å². The molecule has 1 aromatic carbocycles. The molecule has 1 aromatic heterocycles. The second-order valence-corrected chi connectivity index (χ2v) is 5.72. The molecule has 0 aliphatic rings. The fraction of sp³-hybridized carbons (Fsp3) is 0.421. The molecule has 148 valence electrons. The second-order valence-electron chi connectivity index (χ2n) is 5.72. The Labute approximate surface area is 178 Å². The van der Waals surface area contributed by atoms with Crippen LogP contribution < -0.4 is 15.4 Å². The molecule has 0 radical (unpaired) electrons. The number of halogens is 1. The van der Waals surface area contributed by atoms with E-state index in [1.54, 1.807) is 13.4 Å². The molecule has 0 aliphatic carbocycles. The third-order valence-corrected chi connectivity index (χ3v) is 3.90. The summed E-state index contributed by atoms with van der Waals surface area (Å²) in [5.41, 5.74) is 1.23. The SMILES string of the molecule is C=CCNC(=NCCc1ccc(OC)cc1)NCCn1cnnc1CC.I. The van der Waals surface area contributed by atoms with Crippen LogP contribution in [-0.2, 0) is 19.4 Å². The first-order chi connectivity index (χ1) is 12.8. The number of nitrogens with one attached hydrogen (secondary N) is 2. The first kappa shape index (κ1) is 22.9. The lowest BCUT2D eigenvalue weighted by atomic mass is 10.1. The Morgan fingerprint density at radius 2 is 2.07 bits per heavy atom. The van der Waals surface area contributed by atoms with Gasteiger partial charge in [-0.25, -0.2) is 0 Å². The Morgan fingerprint density at radius 3 is 2.74 bits per heavy atom. The summed E-state index contributed by atoms with van der Waals surface area (Å²) in [5, 5.41) is 14.6. The van der Waals surface area contributed by atoms with Gasteiger partial charge in [0, 0.05) is 32.6 Å². The number of rotatable bonds is 10. The zero-order valence-electron chi connectivity index (χ0n) is 16.0. The number of methoxy groups -OCH3 is 1. The van der Waals surface area contributed by atoms with Crippen LogP contribution in [-0.4, -0.2) is 47.5 Å². The summed E-state index contributed by atoms with van der Waals surface area (Å²) in [4.78, 5) is 4.64. The molecule has 2 aromatic rings. The number of hydrogen-bond acceptors (Lipinski definition) is 4. The lowest BCUT2D eigenvalue weighted by Crippen LogP contribution is -2.39. The molecule has 0 fully saturated rings. The van der Waals surface area contributed by atoms with Gasteiger partial charge in [-0.05, 0) is 24.1 Å². The van der Waals surface area contributed by atoms with E-state index in [0.29, 0.717) is 13.1 Å². The van der Waals surface area contributed by atoms with Gasteiger partial charge in [0.05, 0.1) is 7.11 Å². The van der Waals surface area contributed by atoms with Crippen molar-refractivity contribution in [2.24, 2.45) is 4.99 Å². The minimum absolute atomic E-state index is 0. The van der Waals surface area contributed by atoms with E-state index in [2.05, 4.69) is 56.0 Å².